The molecule has 4 rings (SSSR count). The number of phenolic OH excluding ortho intramolecular Hbond substituents is 1. The van der Waals surface area contributed by atoms with Gasteiger partial charge in [-0.05, 0) is 42.0 Å². The van der Waals surface area contributed by atoms with Crippen molar-refractivity contribution in [2.24, 2.45) is 0 Å². The van der Waals surface area contributed by atoms with Gasteiger partial charge in [0, 0.05) is 45.6 Å². The van der Waals surface area contributed by atoms with E-state index in [1.165, 1.54) is 0 Å². The zero-order valence-electron chi connectivity index (χ0n) is 25.3. The first-order valence-corrected chi connectivity index (χ1v) is 18.2. The zero-order chi connectivity index (χ0) is 32.4. The molecular weight excluding hydrogens is 641 g/mol. The second kappa shape index (κ2) is 19.6. The van der Waals surface area contributed by atoms with E-state index in [1.807, 2.05) is 30.3 Å². The first-order valence-electron chi connectivity index (χ1n) is 14.7. The number of phenols is 1. The Kier molecular flexibility index (Phi) is 14.9. The molecule has 0 unspecified atom stereocenters. The fourth-order valence-corrected chi connectivity index (χ4v) is 6.56. The third kappa shape index (κ3) is 11.8. The van der Waals surface area contributed by atoms with E-state index >= 15 is 0 Å². The average Bonchev–Trinajstić information content (AvgIpc) is 3.10. The van der Waals surface area contributed by atoms with Gasteiger partial charge >= 0.3 is 17.9 Å². The van der Waals surface area contributed by atoms with Gasteiger partial charge in [-0.1, -0.05) is 66.7 Å². The maximum Gasteiger partial charge on any atom is 0.338 e. The van der Waals surface area contributed by atoms with Crippen molar-refractivity contribution in [3.8, 4) is 5.75 Å². The van der Waals surface area contributed by atoms with Crippen molar-refractivity contribution in [2.75, 3.05) is 37.1 Å². The molecule has 0 fully saturated rings. The molecule has 0 aromatic heterocycles. The second-order valence-electron chi connectivity index (χ2n) is 9.93. The number of thioether (sulfide) groups is 3. The van der Waals surface area contributed by atoms with E-state index in [0.29, 0.717) is 57.8 Å². The van der Waals surface area contributed by atoms with Crippen molar-refractivity contribution in [3.05, 3.63) is 137 Å². The SMILES string of the molecule is O=C(OCCSCc1cc(CSCCOC(=O)c2ccccc2)c(O)c(CSCCOC(=O)c2ccccc2)c1)c1ccccc1. The summed E-state index contributed by atoms with van der Waals surface area (Å²) in [7, 11) is 0. The molecule has 0 saturated heterocycles. The van der Waals surface area contributed by atoms with E-state index in [4.69, 9.17) is 14.2 Å². The number of carbonyl (C=O) groups excluding carboxylic acids is 3. The lowest BCUT2D eigenvalue weighted by Crippen LogP contribution is -2.08. The number of carbonyl (C=O) groups is 3. The number of rotatable bonds is 18. The number of benzene rings is 4. The molecule has 1 N–H and O–H groups in total. The number of hydrogen-bond acceptors (Lipinski definition) is 10. The highest BCUT2D eigenvalue weighted by Gasteiger charge is 2.13. The second-order valence-corrected chi connectivity index (χ2v) is 13.2. The predicted molar refractivity (Wildman–Crippen MR) is 187 cm³/mol. The van der Waals surface area contributed by atoms with Crippen LogP contribution in [-0.2, 0) is 31.5 Å². The van der Waals surface area contributed by atoms with Crippen LogP contribution in [0, 0.1) is 0 Å². The molecule has 0 spiro atoms. The average molecular weight is 677 g/mol. The summed E-state index contributed by atoms with van der Waals surface area (Å²) in [6.07, 6.45) is 0. The van der Waals surface area contributed by atoms with E-state index < -0.39 is 0 Å². The van der Waals surface area contributed by atoms with Crippen LogP contribution in [0.15, 0.2) is 103 Å². The Morgan fingerprint density at radius 1 is 0.500 bits per heavy atom. The Labute approximate surface area is 282 Å². The highest BCUT2D eigenvalue weighted by Crippen LogP contribution is 2.32. The molecule has 0 amide bonds. The Morgan fingerprint density at radius 2 is 0.826 bits per heavy atom. The van der Waals surface area contributed by atoms with Crippen LogP contribution < -0.4 is 0 Å². The number of esters is 3. The first-order chi connectivity index (χ1) is 22.5. The number of ether oxygens (including phenoxy) is 3. The molecule has 0 bridgehead atoms. The van der Waals surface area contributed by atoms with Crippen molar-refractivity contribution in [2.45, 2.75) is 17.3 Å². The molecule has 46 heavy (non-hydrogen) atoms. The molecule has 4 aromatic rings. The molecular formula is C36H36O7S3. The summed E-state index contributed by atoms with van der Waals surface area (Å²) >= 11 is 4.80. The van der Waals surface area contributed by atoms with Gasteiger partial charge in [-0.2, -0.15) is 35.3 Å². The standard InChI is InChI=1S/C36H36O7S3/c37-33-31(25-45-20-17-42-35(39)29-12-6-2-7-13-29)22-27(24-44-19-16-41-34(38)28-10-4-1-5-11-28)23-32(33)26-46-21-18-43-36(40)30-14-8-3-9-15-30/h1-15,22-23,37H,16-21,24-26H2. The first kappa shape index (κ1) is 35.0. The molecule has 0 aliphatic rings. The van der Waals surface area contributed by atoms with E-state index in [2.05, 4.69) is 0 Å². The van der Waals surface area contributed by atoms with Gasteiger partial charge in [0.15, 0.2) is 0 Å². The maximum absolute atomic E-state index is 12.2. The third-order valence-electron chi connectivity index (χ3n) is 6.52. The highest BCUT2D eigenvalue weighted by atomic mass is 32.2. The Hall–Kier alpha value is -3.86. The van der Waals surface area contributed by atoms with Gasteiger partial charge in [0.25, 0.3) is 0 Å². The molecule has 10 heteroatoms. The topological polar surface area (TPSA) is 99.1 Å². The smallest absolute Gasteiger partial charge is 0.338 e. The van der Waals surface area contributed by atoms with Gasteiger partial charge in [0.2, 0.25) is 0 Å². The minimum Gasteiger partial charge on any atom is -0.507 e. The number of aromatic hydroxyl groups is 1. The van der Waals surface area contributed by atoms with Gasteiger partial charge in [-0.25, -0.2) is 14.4 Å². The van der Waals surface area contributed by atoms with Crippen LogP contribution in [0.5, 0.6) is 5.75 Å². The van der Waals surface area contributed by atoms with Gasteiger partial charge in [0.05, 0.1) is 16.7 Å². The van der Waals surface area contributed by atoms with Crippen LogP contribution in [0.4, 0.5) is 0 Å². The fraction of sp³-hybridized carbons (Fsp3) is 0.250. The van der Waals surface area contributed by atoms with Crippen LogP contribution >= 0.6 is 35.3 Å². The van der Waals surface area contributed by atoms with Crippen molar-refractivity contribution in [1.82, 2.24) is 0 Å². The summed E-state index contributed by atoms with van der Waals surface area (Å²) in [5.74, 6) is 2.78. The summed E-state index contributed by atoms with van der Waals surface area (Å²) in [5, 5.41) is 11.1. The van der Waals surface area contributed by atoms with Crippen LogP contribution in [0.25, 0.3) is 0 Å². The lowest BCUT2D eigenvalue weighted by molar-refractivity contribution is 0.0521. The highest BCUT2D eigenvalue weighted by molar-refractivity contribution is 7.99. The Morgan fingerprint density at radius 3 is 1.17 bits per heavy atom. The summed E-state index contributed by atoms with van der Waals surface area (Å²) in [4.78, 5) is 36.6. The summed E-state index contributed by atoms with van der Waals surface area (Å²) in [6, 6.07) is 30.7. The molecule has 4 aromatic carbocycles. The van der Waals surface area contributed by atoms with E-state index in [-0.39, 0.29) is 36.9 Å². The molecule has 0 heterocycles. The molecule has 7 nitrogen and oxygen atoms in total. The zero-order valence-corrected chi connectivity index (χ0v) is 27.7. The summed E-state index contributed by atoms with van der Waals surface area (Å²) in [6.45, 7) is 0.826. The monoisotopic (exact) mass is 676 g/mol. The van der Waals surface area contributed by atoms with Crippen molar-refractivity contribution >= 4 is 53.2 Å². The van der Waals surface area contributed by atoms with Crippen molar-refractivity contribution in [1.29, 1.82) is 0 Å². The fourth-order valence-electron chi connectivity index (χ4n) is 4.24. The van der Waals surface area contributed by atoms with Crippen LogP contribution in [0.1, 0.15) is 47.8 Å². The predicted octanol–water partition coefficient (Wildman–Crippen LogP) is 7.66. The number of hydrogen-bond donors (Lipinski definition) is 1. The van der Waals surface area contributed by atoms with Gasteiger partial charge < -0.3 is 19.3 Å². The minimum atomic E-state index is -0.355. The van der Waals surface area contributed by atoms with Gasteiger partial charge in [0.1, 0.15) is 25.6 Å². The minimum absolute atomic E-state index is 0.244. The lowest BCUT2D eigenvalue weighted by atomic mass is 10.1. The van der Waals surface area contributed by atoms with Gasteiger partial charge in [-0.3, -0.25) is 0 Å². The summed E-state index contributed by atoms with van der Waals surface area (Å²) < 4.78 is 16.2. The Bertz CT molecular complexity index is 1450. The quantitative estimate of drug-likeness (QED) is 0.0643. The molecule has 0 radical (unpaired) electrons. The normalized spacial score (nSPS) is 10.7. The Balaban J connectivity index is 1.27. The van der Waals surface area contributed by atoms with Crippen LogP contribution in [-0.4, -0.2) is 60.1 Å². The molecule has 240 valence electrons. The van der Waals surface area contributed by atoms with E-state index in [1.54, 1.807) is 108 Å². The molecule has 0 aliphatic heterocycles. The van der Waals surface area contributed by atoms with Crippen LogP contribution in [0.3, 0.4) is 0 Å². The maximum atomic E-state index is 12.2. The van der Waals surface area contributed by atoms with Crippen LogP contribution in [0.2, 0.25) is 0 Å². The lowest BCUT2D eigenvalue weighted by Gasteiger charge is -2.14. The summed E-state index contributed by atoms with van der Waals surface area (Å²) in [5.41, 5.74) is 4.22. The molecule has 0 aliphatic carbocycles. The molecule has 0 atom stereocenters. The van der Waals surface area contributed by atoms with E-state index in [0.717, 1.165) is 16.7 Å². The third-order valence-corrected chi connectivity index (χ3v) is 9.46. The van der Waals surface area contributed by atoms with E-state index in [9.17, 15) is 19.5 Å². The van der Waals surface area contributed by atoms with Gasteiger partial charge in [-0.15, -0.1) is 0 Å². The van der Waals surface area contributed by atoms with Crippen molar-refractivity contribution < 1.29 is 33.7 Å². The van der Waals surface area contributed by atoms with Crippen molar-refractivity contribution in [3.63, 3.8) is 0 Å². The molecule has 0 saturated carbocycles. The largest absolute Gasteiger partial charge is 0.507 e.